The van der Waals surface area contributed by atoms with E-state index < -0.39 is 0 Å². The lowest BCUT2D eigenvalue weighted by atomic mass is 10.3. The van der Waals surface area contributed by atoms with Gasteiger partial charge in [0.1, 0.15) is 5.52 Å². The number of rotatable bonds is 2. The summed E-state index contributed by atoms with van der Waals surface area (Å²) in [6.45, 7) is 0.470. The van der Waals surface area contributed by atoms with E-state index in [4.69, 9.17) is 10.5 Å². The third-order valence-electron chi connectivity index (χ3n) is 1.88. The van der Waals surface area contributed by atoms with E-state index in [1.165, 1.54) is 0 Å². The van der Waals surface area contributed by atoms with Gasteiger partial charge >= 0.3 is 0 Å². The first-order valence-corrected chi connectivity index (χ1v) is 3.92. The van der Waals surface area contributed by atoms with Gasteiger partial charge in [-0.05, 0) is 6.07 Å². The number of fused-ring (bicyclic) bond motifs is 1. The van der Waals surface area contributed by atoms with Crippen LogP contribution in [0.5, 0.6) is 5.88 Å². The summed E-state index contributed by atoms with van der Waals surface area (Å²) in [4.78, 5) is 3.11. The molecule has 68 valence electrons. The highest BCUT2D eigenvalue weighted by Gasteiger charge is 2.06. The zero-order valence-corrected chi connectivity index (χ0v) is 7.24. The van der Waals surface area contributed by atoms with Crippen LogP contribution in [0.25, 0.3) is 10.9 Å². The number of hydrogen-bond acceptors (Lipinski definition) is 4. The maximum atomic E-state index is 5.49. The summed E-state index contributed by atoms with van der Waals surface area (Å²) < 4.78 is 5.04. The number of nitrogens with one attached hydrogen (secondary N) is 1. The van der Waals surface area contributed by atoms with Crippen LogP contribution in [0.4, 0.5) is 0 Å². The zero-order chi connectivity index (χ0) is 9.26. The summed E-state index contributed by atoms with van der Waals surface area (Å²) in [6.07, 6.45) is 1.67. The van der Waals surface area contributed by atoms with E-state index in [0.29, 0.717) is 12.4 Å². The molecular formula is C8H10N4O. The molecule has 0 spiro atoms. The van der Waals surface area contributed by atoms with Gasteiger partial charge in [0.05, 0.1) is 13.3 Å². The van der Waals surface area contributed by atoms with Gasteiger partial charge in [-0.2, -0.15) is 5.10 Å². The first-order chi connectivity index (χ1) is 6.35. The second kappa shape index (κ2) is 3.02. The van der Waals surface area contributed by atoms with Gasteiger partial charge in [-0.25, -0.2) is 0 Å². The van der Waals surface area contributed by atoms with E-state index in [2.05, 4.69) is 15.2 Å². The number of aromatic nitrogens is 3. The summed E-state index contributed by atoms with van der Waals surface area (Å²) in [6, 6.07) is 1.94. The molecule has 5 heteroatoms. The monoisotopic (exact) mass is 178 g/mol. The SMILES string of the molecule is COc1nncc2cc(CN)[nH]c12. The van der Waals surface area contributed by atoms with Crippen molar-refractivity contribution in [2.24, 2.45) is 5.73 Å². The molecule has 0 fully saturated rings. The number of ether oxygens (including phenoxy) is 1. The van der Waals surface area contributed by atoms with Crippen molar-refractivity contribution in [3.8, 4) is 5.88 Å². The lowest BCUT2D eigenvalue weighted by Gasteiger charge is -1.96. The van der Waals surface area contributed by atoms with Crippen molar-refractivity contribution in [1.82, 2.24) is 15.2 Å². The van der Waals surface area contributed by atoms with Crippen molar-refractivity contribution in [3.05, 3.63) is 18.0 Å². The molecule has 3 N–H and O–H groups in total. The van der Waals surface area contributed by atoms with Gasteiger partial charge in [0, 0.05) is 17.6 Å². The van der Waals surface area contributed by atoms with E-state index in [1.807, 2.05) is 6.07 Å². The molecule has 0 aromatic carbocycles. The maximum absolute atomic E-state index is 5.49. The number of methoxy groups -OCH3 is 1. The van der Waals surface area contributed by atoms with Crippen LogP contribution in [-0.4, -0.2) is 22.3 Å². The molecule has 5 nitrogen and oxygen atoms in total. The van der Waals surface area contributed by atoms with Gasteiger partial charge in [-0.15, -0.1) is 5.10 Å². The standard InChI is InChI=1S/C8H10N4O/c1-13-8-7-5(4-10-12-8)2-6(3-9)11-7/h2,4,11H,3,9H2,1H3. The largest absolute Gasteiger partial charge is 0.478 e. The molecule has 0 aliphatic heterocycles. The molecule has 0 atom stereocenters. The summed E-state index contributed by atoms with van der Waals surface area (Å²) in [5.74, 6) is 0.497. The van der Waals surface area contributed by atoms with Crippen LogP contribution >= 0.6 is 0 Å². The Bertz CT molecular complexity index is 423. The molecule has 2 heterocycles. The Kier molecular flexibility index (Phi) is 1.86. The fraction of sp³-hybridized carbons (Fsp3) is 0.250. The Labute approximate surface area is 74.9 Å². The Balaban J connectivity index is 2.67. The lowest BCUT2D eigenvalue weighted by molar-refractivity contribution is 0.397. The topological polar surface area (TPSA) is 76.8 Å². The average molecular weight is 178 g/mol. The molecule has 13 heavy (non-hydrogen) atoms. The number of hydrogen-bond donors (Lipinski definition) is 2. The van der Waals surface area contributed by atoms with Gasteiger partial charge in [0.15, 0.2) is 0 Å². The molecular weight excluding hydrogens is 168 g/mol. The molecule has 0 aliphatic carbocycles. The lowest BCUT2D eigenvalue weighted by Crippen LogP contribution is -1.95. The van der Waals surface area contributed by atoms with Gasteiger partial charge in [0.25, 0.3) is 5.88 Å². The van der Waals surface area contributed by atoms with Gasteiger partial charge in [0.2, 0.25) is 0 Å². The second-order valence-corrected chi connectivity index (χ2v) is 2.68. The summed E-state index contributed by atoms with van der Waals surface area (Å²) in [7, 11) is 1.56. The van der Waals surface area contributed by atoms with Crippen molar-refractivity contribution in [2.45, 2.75) is 6.54 Å². The Morgan fingerprint density at radius 3 is 3.15 bits per heavy atom. The molecule has 2 aromatic rings. The molecule has 0 bridgehead atoms. The second-order valence-electron chi connectivity index (χ2n) is 2.68. The Morgan fingerprint density at radius 2 is 2.46 bits per heavy atom. The molecule has 0 saturated carbocycles. The molecule has 0 radical (unpaired) electrons. The highest BCUT2D eigenvalue weighted by molar-refractivity contribution is 5.83. The fourth-order valence-corrected chi connectivity index (χ4v) is 1.25. The van der Waals surface area contributed by atoms with Crippen molar-refractivity contribution in [1.29, 1.82) is 0 Å². The fourth-order valence-electron chi connectivity index (χ4n) is 1.25. The number of nitrogens with two attached hydrogens (primary N) is 1. The van der Waals surface area contributed by atoms with Gasteiger partial charge in [-0.3, -0.25) is 0 Å². The maximum Gasteiger partial charge on any atom is 0.257 e. The molecule has 0 unspecified atom stereocenters. The van der Waals surface area contributed by atoms with E-state index in [-0.39, 0.29) is 0 Å². The van der Waals surface area contributed by atoms with Gasteiger partial charge < -0.3 is 15.5 Å². The molecule has 0 amide bonds. The van der Waals surface area contributed by atoms with Crippen LogP contribution in [0.2, 0.25) is 0 Å². The van der Waals surface area contributed by atoms with Crippen molar-refractivity contribution in [3.63, 3.8) is 0 Å². The molecule has 2 rings (SSSR count). The number of aromatic amines is 1. The van der Waals surface area contributed by atoms with E-state index in [9.17, 15) is 0 Å². The van der Waals surface area contributed by atoms with Crippen molar-refractivity contribution in [2.75, 3.05) is 7.11 Å². The molecule has 0 aliphatic rings. The van der Waals surface area contributed by atoms with Crippen LogP contribution in [0, 0.1) is 0 Å². The smallest absolute Gasteiger partial charge is 0.257 e. The Morgan fingerprint density at radius 1 is 1.62 bits per heavy atom. The minimum atomic E-state index is 0.470. The first kappa shape index (κ1) is 8.00. The number of H-pyrrole nitrogens is 1. The Hall–Kier alpha value is -1.62. The molecule has 0 saturated heterocycles. The quantitative estimate of drug-likeness (QED) is 0.698. The highest BCUT2D eigenvalue weighted by atomic mass is 16.5. The summed E-state index contributed by atoms with van der Waals surface area (Å²) >= 11 is 0. The van der Waals surface area contributed by atoms with Crippen molar-refractivity contribution >= 4 is 10.9 Å². The van der Waals surface area contributed by atoms with E-state index in [1.54, 1.807) is 13.3 Å². The molecule has 2 aromatic heterocycles. The number of nitrogens with zero attached hydrogens (tertiary/aromatic N) is 2. The predicted molar refractivity (Wildman–Crippen MR) is 48.3 cm³/mol. The minimum absolute atomic E-state index is 0.470. The normalized spacial score (nSPS) is 10.6. The predicted octanol–water partition coefficient (Wildman–Crippen LogP) is 0.425. The van der Waals surface area contributed by atoms with Crippen LogP contribution in [0.15, 0.2) is 12.3 Å². The van der Waals surface area contributed by atoms with Crippen LogP contribution in [-0.2, 0) is 6.54 Å². The van der Waals surface area contributed by atoms with Gasteiger partial charge in [-0.1, -0.05) is 0 Å². The first-order valence-electron chi connectivity index (χ1n) is 3.92. The summed E-state index contributed by atoms with van der Waals surface area (Å²) in [5, 5.41) is 8.59. The third kappa shape index (κ3) is 1.23. The summed E-state index contributed by atoms with van der Waals surface area (Å²) in [5.41, 5.74) is 7.28. The minimum Gasteiger partial charge on any atom is -0.478 e. The van der Waals surface area contributed by atoms with Crippen LogP contribution < -0.4 is 10.5 Å². The average Bonchev–Trinajstić information content (AvgIpc) is 2.59. The zero-order valence-electron chi connectivity index (χ0n) is 7.24. The highest BCUT2D eigenvalue weighted by Crippen LogP contribution is 2.21. The van der Waals surface area contributed by atoms with Crippen LogP contribution in [0.1, 0.15) is 5.69 Å². The van der Waals surface area contributed by atoms with E-state index >= 15 is 0 Å². The van der Waals surface area contributed by atoms with Crippen LogP contribution in [0.3, 0.4) is 0 Å². The third-order valence-corrected chi connectivity index (χ3v) is 1.88. The van der Waals surface area contributed by atoms with Crippen molar-refractivity contribution < 1.29 is 4.74 Å². The van der Waals surface area contributed by atoms with E-state index in [0.717, 1.165) is 16.6 Å².